The number of amides is 2. The van der Waals surface area contributed by atoms with Crippen LogP contribution in [-0.2, 0) is 17.8 Å². The van der Waals surface area contributed by atoms with Gasteiger partial charge in [-0.15, -0.1) is 11.3 Å². The second-order valence-corrected chi connectivity index (χ2v) is 7.59. The molecule has 0 spiro atoms. The van der Waals surface area contributed by atoms with Crippen LogP contribution < -0.4 is 14.8 Å². The minimum absolute atomic E-state index is 0.000278. The number of aromatic nitrogens is 1. The van der Waals surface area contributed by atoms with E-state index in [-0.39, 0.29) is 25.0 Å². The van der Waals surface area contributed by atoms with Crippen molar-refractivity contribution in [2.75, 3.05) is 18.7 Å². The molecular weight excluding hydrogens is 402 g/mol. The summed E-state index contributed by atoms with van der Waals surface area (Å²) in [6.45, 7) is 3.29. The highest BCUT2D eigenvalue weighted by atomic mass is 32.1. The molecule has 2 heterocycles. The van der Waals surface area contributed by atoms with Crippen molar-refractivity contribution >= 4 is 28.3 Å². The van der Waals surface area contributed by atoms with Crippen LogP contribution in [0.2, 0.25) is 0 Å². The van der Waals surface area contributed by atoms with E-state index in [1.807, 2.05) is 37.3 Å². The van der Waals surface area contributed by atoms with E-state index in [4.69, 9.17) is 9.47 Å². The summed E-state index contributed by atoms with van der Waals surface area (Å²) in [5.41, 5.74) is 2.17. The van der Waals surface area contributed by atoms with Gasteiger partial charge in [0.15, 0.2) is 16.6 Å². The molecule has 0 saturated carbocycles. The van der Waals surface area contributed by atoms with Gasteiger partial charge in [0, 0.05) is 24.0 Å². The fraction of sp³-hybridized carbons (Fsp3) is 0.227. The highest BCUT2D eigenvalue weighted by Crippen LogP contribution is 2.32. The molecule has 1 aliphatic rings. The van der Waals surface area contributed by atoms with E-state index in [2.05, 4.69) is 10.3 Å². The molecule has 154 valence electrons. The van der Waals surface area contributed by atoms with Gasteiger partial charge < -0.3 is 14.4 Å². The third-order valence-corrected chi connectivity index (χ3v) is 5.50. The predicted octanol–water partition coefficient (Wildman–Crippen LogP) is 3.72. The third-order valence-electron chi connectivity index (χ3n) is 4.69. The van der Waals surface area contributed by atoms with Crippen molar-refractivity contribution in [2.45, 2.75) is 19.9 Å². The monoisotopic (exact) mass is 423 g/mol. The molecule has 4 rings (SSSR count). The van der Waals surface area contributed by atoms with Crippen LogP contribution in [0.1, 0.15) is 28.5 Å². The number of nitrogens with one attached hydrogen (secondary N) is 1. The number of thiazole rings is 1. The topological polar surface area (TPSA) is 80.8 Å². The minimum Gasteiger partial charge on any atom is -0.454 e. The summed E-state index contributed by atoms with van der Waals surface area (Å²) in [6.07, 6.45) is 0.192. The maximum atomic E-state index is 12.7. The Kier molecular flexibility index (Phi) is 5.94. The molecule has 1 aromatic heterocycles. The summed E-state index contributed by atoms with van der Waals surface area (Å²) in [5, 5.41) is 5.02. The van der Waals surface area contributed by atoms with E-state index in [1.165, 1.54) is 11.3 Å². The molecule has 0 unspecified atom stereocenters. The fourth-order valence-electron chi connectivity index (χ4n) is 3.10. The van der Waals surface area contributed by atoms with Gasteiger partial charge in [-0.25, -0.2) is 4.98 Å². The predicted molar refractivity (Wildman–Crippen MR) is 114 cm³/mol. The number of fused-ring (bicyclic) bond motifs is 1. The van der Waals surface area contributed by atoms with Crippen molar-refractivity contribution in [3.63, 3.8) is 0 Å². The van der Waals surface area contributed by atoms with Gasteiger partial charge in [0.25, 0.3) is 5.91 Å². The Bertz CT molecular complexity index is 1050. The van der Waals surface area contributed by atoms with Gasteiger partial charge in [0.1, 0.15) is 0 Å². The fourth-order valence-corrected chi connectivity index (χ4v) is 3.80. The number of carbonyl (C=O) groups excluding carboxylic acids is 2. The number of hydrogen-bond acceptors (Lipinski definition) is 6. The van der Waals surface area contributed by atoms with E-state index in [1.54, 1.807) is 28.5 Å². The molecule has 0 bridgehead atoms. The Hall–Kier alpha value is -3.39. The summed E-state index contributed by atoms with van der Waals surface area (Å²) in [4.78, 5) is 31.4. The Morgan fingerprint density at radius 2 is 1.93 bits per heavy atom. The van der Waals surface area contributed by atoms with Crippen molar-refractivity contribution < 1.29 is 19.1 Å². The minimum atomic E-state index is -0.292. The molecule has 1 N–H and O–H groups in total. The first-order valence-corrected chi connectivity index (χ1v) is 10.5. The van der Waals surface area contributed by atoms with Crippen LogP contribution in [0.3, 0.4) is 0 Å². The lowest BCUT2D eigenvalue weighted by Gasteiger charge is -2.20. The summed E-state index contributed by atoms with van der Waals surface area (Å²) in [6, 6.07) is 14.9. The maximum Gasteiger partial charge on any atom is 0.257 e. The number of benzene rings is 2. The smallest absolute Gasteiger partial charge is 0.257 e. The van der Waals surface area contributed by atoms with Gasteiger partial charge in [-0.1, -0.05) is 30.3 Å². The van der Waals surface area contributed by atoms with Crippen LogP contribution in [0.4, 0.5) is 5.13 Å². The first kappa shape index (κ1) is 19.9. The van der Waals surface area contributed by atoms with E-state index < -0.39 is 0 Å². The molecule has 8 heteroatoms. The van der Waals surface area contributed by atoms with Crippen LogP contribution in [-0.4, -0.2) is 35.0 Å². The lowest BCUT2D eigenvalue weighted by Crippen LogP contribution is -2.31. The number of ether oxygens (including phenoxy) is 2. The quantitative estimate of drug-likeness (QED) is 0.627. The molecule has 7 nitrogen and oxygen atoms in total. The SMILES string of the molecule is CCN(Cc1ccccc1)C(=O)Cc1csc(NC(=O)c2ccc3c(c2)OCO3)n1. The summed E-state index contributed by atoms with van der Waals surface area (Å²) >= 11 is 1.29. The van der Waals surface area contributed by atoms with Gasteiger partial charge in [-0.05, 0) is 30.7 Å². The summed E-state index contributed by atoms with van der Waals surface area (Å²) in [7, 11) is 0. The maximum absolute atomic E-state index is 12.7. The number of likely N-dealkylation sites (N-methyl/N-ethyl adjacent to an activating group) is 1. The zero-order valence-electron chi connectivity index (χ0n) is 16.5. The molecule has 1 aliphatic heterocycles. The van der Waals surface area contributed by atoms with Gasteiger partial charge in [0.2, 0.25) is 12.7 Å². The van der Waals surface area contributed by atoms with Crippen LogP contribution in [0, 0.1) is 0 Å². The van der Waals surface area contributed by atoms with Crippen molar-refractivity contribution in [3.8, 4) is 11.5 Å². The zero-order chi connectivity index (χ0) is 20.9. The van der Waals surface area contributed by atoms with E-state index in [0.717, 1.165) is 5.56 Å². The first-order valence-electron chi connectivity index (χ1n) is 9.59. The van der Waals surface area contributed by atoms with Crippen molar-refractivity contribution in [2.24, 2.45) is 0 Å². The first-order chi connectivity index (χ1) is 14.6. The van der Waals surface area contributed by atoms with Crippen LogP contribution in [0.5, 0.6) is 11.5 Å². The Morgan fingerprint density at radius 3 is 2.73 bits per heavy atom. The van der Waals surface area contributed by atoms with E-state index in [9.17, 15) is 9.59 Å². The average Bonchev–Trinajstić information content (AvgIpc) is 3.41. The molecule has 2 aromatic carbocycles. The molecule has 0 atom stereocenters. The molecule has 0 aliphatic carbocycles. The van der Waals surface area contributed by atoms with Gasteiger partial charge in [-0.3, -0.25) is 14.9 Å². The Morgan fingerprint density at radius 1 is 1.13 bits per heavy atom. The highest BCUT2D eigenvalue weighted by molar-refractivity contribution is 7.14. The molecular formula is C22H21N3O4S. The van der Waals surface area contributed by atoms with Crippen molar-refractivity contribution in [1.29, 1.82) is 0 Å². The second kappa shape index (κ2) is 8.96. The van der Waals surface area contributed by atoms with Gasteiger partial charge >= 0.3 is 0 Å². The molecule has 0 fully saturated rings. The molecule has 0 radical (unpaired) electrons. The molecule has 30 heavy (non-hydrogen) atoms. The lowest BCUT2D eigenvalue weighted by atomic mass is 10.2. The number of carbonyl (C=O) groups is 2. The number of hydrogen-bond donors (Lipinski definition) is 1. The second-order valence-electron chi connectivity index (χ2n) is 6.74. The number of rotatable bonds is 7. The largest absolute Gasteiger partial charge is 0.454 e. The standard InChI is InChI=1S/C22H21N3O4S/c1-2-25(12-15-6-4-3-5-7-15)20(26)11-17-13-30-22(23-17)24-21(27)16-8-9-18-19(10-16)29-14-28-18/h3-10,13H,2,11-12,14H2,1H3,(H,23,24,27). The van der Waals surface area contributed by atoms with Crippen LogP contribution >= 0.6 is 11.3 Å². The number of nitrogens with zero attached hydrogens (tertiary/aromatic N) is 2. The summed E-state index contributed by atoms with van der Waals surface area (Å²) < 4.78 is 10.6. The summed E-state index contributed by atoms with van der Waals surface area (Å²) in [5.74, 6) is 0.879. The molecule has 2 amide bonds. The van der Waals surface area contributed by atoms with Gasteiger partial charge in [-0.2, -0.15) is 0 Å². The Labute approximate surface area is 178 Å². The highest BCUT2D eigenvalue weighted by Gasteiger charge is 2.18. The van der Waals surface area contributed by atoms with Crippen LogP contribution in [0.25, 0.3) is 0 Å². The lowest BCUT2D eigenvalue weighted by molar-refractivity contribution is -0.130. The van der Waals surface area contributed by atoms with Crippen molar-refractivity contribution in [1.82, 2.24) is 9.88 Å². The Balaban J connectivity index is 1.36. The van der Waals surface area contributed by atoms with Gasteiger partial charge in [0.05, 0.1) is 12.1 Å². The molecule has 3 aromatic rings. The normalized spacial score (nSPS) is 11.9. The third kappa shape index (κ3) is 4.60. The molecule has 0 saturated heterocycles. The zero-order valence-corrected chi connectivity index (χ0v) is 17.3. The average molecular weight is 423 g/mol. The number of anilines is 1. The van der Waals surface area contributed by atoms with Crippen molar-refractivity contribution in [3.05, 3.63) is 70.7 Å². The van der Waals surface area contributed by atoms with Crippen LogP contribution in [0.15, 0.2) is 53.9 Å². The van der Waals surface area contributed by atoms with E-state index >= 15 is 0 Å². The van der Waals surface area contributed by atoms with E-state index in [0.29, 0.717) is 41.0 Å².